The van der Waals surface area contributed by atoms with E-state index in [1.807, 2.05) is 7.05 Å². The van der Waals surface area contributed by atoms with Gasteiger partial charge in [0, 0.05) is 31.3 Å². The summed E-state index contributed by atoms with van der Waals surface area (Å²) in [7, 11) is 2.03. The van der Waals surface area contributed by atoms with Crippen LogP contribution in [0.3, 0.4) is 0 Å². The van der Waals surface area contributed by atoms with Crippen molar-refractivity contribution in [1.82, 2.24) is 15.1 Å². The molecule has 0 spiro atoms. The smallest absolute Gasteiger partial charge is 0.0732 e. The lowest BCUT2D eigenvalue weighted by Crippen LogP contribution is -2.39. The topological polar surface area (TPSA) is 39.1 Å². The second kappa shape index (κ2) is 6.34. The number of ether oxygens (including phenoxy) is 1. The maximum Gasteiger partial charge on any atom is 0.0732 e. The molecule has 0 amide bonds. The number of nitrogens with zero attached hydrogens (tertiary/aromatic N) is 2. The number of hydrogen-bond acceptors (Lipinski definition) is 3. The molecule has 1 aliphatic heterocycles. The average molecular weight is 251 g/mol. The summed E-state index contributed by atoms with van der Waals surface area (Å²) in [6.45, 7) is 6.16. The number of nitrogens with one attached hydrogen (secondary N) is 1. The molecule has 2 unspecified atom stereocenters. The molecule has 1 N–H and O–H groups in total. The third-order valence-electron chi connectivity index (χ3n) is 3.79. The van der Waals surface area contributed by atoms with Crippen LogP contribution in [0.4, 0.5) is 0 Å². The fourth-order valence-electron chi connectivity index (χ4n) is 2.69. The summed E-state index contributed by atoms with van der Waals surface area (Å²) in [5.41, 5.74) is 2.51. The van der Waals surface area contributed by atoms with E-state index in [-0.39, 0.29) is 0 Å². The quantitative estimate of drug-likeness (QED) is 0.837. The first-order chi connectivity index (χ1) is 8.78. The molecule has 4 nitrogen and oxygen atoms in total. The summed E-state index contributed by atoms with van der Waals surface area (Å²) in [6, 6.07) is 2.64. The highest BCUT2D eigenvalue weighted by Gasteiger charge is 2.25. The minimum absolute atomic E-state index is 0.361. The van der Waals surface area contributed by atoms with Gasteiger partial charge in [-0.1, -0.05) is 6.92 Å². The van der Waals surface area contributed by atoms with E-state index in [4.69, 9.17) is 4.74 Å². The van der Waals surface area contributed by atoms with Gasteiger partial charge in [-0.15, -0.1) is 0 Å². The van der Waals surface area contributed by atoms with Gasteiger partial charge in [-0.3, -0.25) is 4.68 Å². The number of rotatable bonds is 6. The third-order valence-corrected chi connectivity index (χ3v) is 3.79. The molecule has 102 valence electrons. The van der Waals surface area contributed by atoms with Crippen LogP contribution in [-0.4, -0.2) is 35.6 Å². The molecule has 2 rings (SSSR count). The van der Waals surface area contributed by atoms with E-state index in [0.29, 0.717) is 12.1 Å². The third kappa shape index (κ3) is 2.93. The van der Waals surface area contributed by atoms with Crippen LogP contribution in [-0.2, 0) is 24.1 Å². The zero-order valence-electron chi connectivity index (χ0n) is 11.8. The van der Waals surface area contributed by atoms with Gasteiger partial charge in [0.15, 0.2) is 0 Å². The molecule has 0 aromatic carbocycles. The van der Waals surface area contributed by atoms with E-state index < -0.39 is 0 Å². The fourth-order valence-corrected chi connectivity index (χ4v) is 2.69. The second-order valence-electron chi connectivity index (χ2n) is 4.95. The van der Waals surface area contributed by atoms with Gasteiger partial charge in [0.25, 0.3) is 0 Å². The van der Waals surface area contributed by atoms with Crippen molar-refractivity contribution in [2.75, 3.05) is 13.7 Å². The molecule has 0 bridgehead atoms. The van der Waals surface area contributed by atoms with Gasteiger partial charge in [-0.25, -0.2) is 0 Å². The Morgan fingerprint density at radius 2 is 2.39 bits per heavy atom. The van der Waals surface area contributed by atoms with Crippen LogP contribution in [0.5, 0.6) is 0 Å². The van der Waals surface area contributed by atoms with Gasteiger partial charge in [0.2, 0.25) is 0 Å². The minimum Gasteiger partial charge on any atom is -0.377 e. The summed E-state index contributed by atoms with van der Waals surface area (Å²) < 4.78 is 7.92. The van der Waals surface area contributed by atoms with E-state index in [2.05, 4.69) is 35.0 Å². The Morgan fingerprint density at radius 3 is 2.94 bits per heavy atom. The van der Waals surface area contributed by atoms with E-state index >= 15 is 0 Å². The number of hydrogen-bond donors (Lipinski definition) is 1. The lowest BCUT2D eigenvalue weighted by Gasteiger charge is -2.22. The summed E-state index contributed by atoms with van der Waals surface area (Å²) in [5.74, 6) is 0. The summed E-state index contributed by atoms with van der Waals surface area (Å²) in [5, 5.41) is 8.01. The summed E-state index contributed by atoms with van der Waals surface area (Å²) >= 11 is 0. The van der Waals surface area contributed by atoms with Gasteiger partial charge >= 0.3 is 0 Å². The fraction of sp³-hybridized carbons (Fsp3) is 0.786. The molecule has 1 aliphatic rings. The monoisotopic (exact) mass is 251 g/mol. The SMILES string of the molecule is CCc1cc(CC(NC)C2CCCO2)n(CC)n1. The Kier molecular flexibility index (Phi) is 4.78. The Hall–Kier alpha value is -0.870. The first-order valence-electron chi connectivity index (χ1n) is 7.12. The average Bonchev–Trinajstić information content (AvgIpc) is 3.04. The van der Waals surface area contributed by atoms with Crippen molar-refractivity contribution in [2.45, 2.75) is 58.2 Å². The van der Waals surface area contributed by atoms with Crippen LogP contribution in [0.25, 0.3) is 0 Å². The second-order valence-corrected chi connectivity index (χ2v) is 4.95. The van der Waals surface area contributed by atoms with Crippen molar-refractivity contribution in [3.8, 4) is 0 Å². The molecule has 0 radical (unpaired) electrons. The minimum atomic E-state index is 0.361. The number of aryl methyl sites for hydroxylation is 2. The van der Waals surface area contributed by atoms with E-state index in [1.165, 1.54) is 24.2 Å². The van der Waals surface area contributed by atoms with Gasteiger partial charge in [-0.05, 0) is 39.3 Å². The van der Waals surface area contributed by atoms with Crippen LogP contribution in [0.1, 0.15) is 38.1 Å². The maximum atomic E-state index is 5.79. The van der Waals surface area contributed by atoms with Crippen LogP contribution >= 0.6 is 0 Å². The molecule has 1 aromatic rings. The Morgan fingerprint density at radius 1 is 1.56 bits per heavy atom. The molecule has 2 heterocycles. The van der Waals surface area contributed by atoms with Crippen molar-refractivity contribution in [3.63, 3.8) is 0 Å². The molecule has 1 fully saturated rings. The van der Waals surface area contributed by atoms with Gasteiger partial charge in [0.05, 0.1) is 11.8 Å². The Bertz CT molecular complexity index is 369. The molecule has 1 saturated heterocycles. The summed E-state index contributed by atoms with van der Waals surface area (Å²) in [4.78, 5) is 0. The molecule has 1 aromatic heterocycles. The molecule has 4 heteroatoms. The zero-order chi connectivity index (χ0) is 13.0. The normalized spacial score (nSPS) is 21.4. The molecule has 2 atom stereocenters. The first-order valence-corrected chi connectivity index (χ1v) is 7.12. The predicted octanol–water partition coefficient (Wildman–Crippen LogP) is 1.77. The molecular weight excluding hydrogens is 226 g/mol. The van der Waals surface area contributed by atoms with Crippen molar-refractivity contribution >= 4 is 0 Å². The van der Waals surface area contributed by atoms with Gasteiger partial charge in [0.1, 0.15) is 0 Å². The van der Waals surface area contributed by atoms with Crippen LogP contribution in [0.15, 0.2) is 6.07 Å². The van der Waals surface area contributed by atoms with E-state index in [0.717, 1.165) is 26.0 Å². The predicted molar refractivity (Wildman–Crippen MR) is 72.8 cm³/mol. The zero-order valence-corrected chi connectivity index (χ0v) is 11.8. The highest BCUT2D eigenvalue weighted by molar-refractivity contribution is 5.12. The van der Waals surface area contributed by atoms with Crippen molar-refractivity contribution < 1.29 is 4.74 Å². The van der Waals surface area contributed by atoms with Crippen molar-refractivity contribution in [1.29, 1.82) is 0 Å². The van der Waals surface area contributed by atoms with E-state index in [1.54, 1.807) is 0 Å². The van der Waals surface area contributed by atoms with Crippen LogP contribution < -0.4 is 5.32 Å². The number of aromatic nitrogens is 2. The standard InChI is InChI=1S/C14H25N3O/c1-4-11-9-12(17(5-2)16-11)10-13(15-3)14-7-6-8-18-14/h9,13-15H,4-8,10H2,1-3H3. The molecular formula is C14H25N3O. The van der Waals surface area contributed by atoms with E-state index in [9.17, 15) is 0 Å². The Balaban J connectivity index is 2.07. The Labute approximate surface area is 110 Å². The number of likely N-dealkylation sites (N-methyl/N-ethyl adjacent to an activating group) is 1. The lowest BCUT2D eigenvalue weighted by atomic mass is 10.0. The maximum absolute atomic E-state index is 5.79. The van der Waals surface area contributed by atoms with Gasteiger partial charge < -0.3 is 10.1 Å². The lowest BCUT2D eigenvalue weighted by molar-refractivity contribution is 0.0802. The molecule has 0 saturated carbocycles. The van der Waals surface area contributed by atoms with Gasteiger partial charge in [-0.2, -0.15) is 5.10 Å². The first kappa shape index (κ1) is 13.6. The molecule has 18 heavy (non-hydrogen) atoms. The summed E-state index contributed by atoms with van der Waals surface area (Å²) in [6.07, 6.45) is 4.73. The highest BCUT2D eigenvalue weighted by atomic mass is 16.5. The van der Waals surface area contributed by atoms with Crippen molar-refractivity contribution in [2.24, 2.45) is 0 Å². The highest BCUT2D eigenvalue weighted by Crippen LogP contribution is 2.19. The van der Waals surface area contributed by atoms with Crippen LogP contribution in [0.2, 0.25) is 0 Å². The molecule has 0 aliphatic carbocycles. The van der Waals surface area contributed by atoms with Crippen molar-refractivity contribution in [3.05, 3.63) is 17.5 Å². The van der Waals surface area contributed by atoms with Crippen LogP contribution in [0, 0.1) is 0 Å². The largest absolute Gasteiger partial charge is 0.377 e.